The zero-order chi connectivity index (χ0) is 9.97. The van der Waals surface area contributed by atoms with E-state index in [1.54, 1.807) is 0 Å². The van der Waals surface area contributed by atoms with Crippen LogP contribution in [0.5, 0.6) is 0 Å². The molecule has 1 aliphatic rings. The molecule has 14 heavy (non-hydrogen) atoms. The highest BCUT2D eigenvalue weighted by Crippen LogP contribution is 2.17. The van der Waals surface area contributed by atoms with Crippen molar-refractivity contribution in [3.63, 3.8) is 0 Å². The van der Waals surface area contributed by atoms with E-state index in [-0.39, 0.29) is 0 Å². The minimum atomic E-state index is 0.746. The molecule has 1 heterocycles. The van der Waals surface area contributed by atoms with Crippen molar-refractivity contribution in [2.45, 2.75) is 6.92 Å². The van der Waals surface area contributed by atoms with Gasteiger partial charge in [-0.1, -0.05) is 12.1 Å². The molecule has 0 radical (unpaired) electrons. The Morgan fingerprint density at radius 1 is 1.50 bits per heavy atom. The highest BCUT2D eigenvalue weighted by atomic mass is 15.4. The number of nitrogens with one attached hydrogen (secondary N) is 1. The molecule has 1 aromatic rings. The number of anilines is 1. The van der Waals surface area contributed by atoms with Gasteiger partial charge in [0.25, 0.3) is 0 Å². The van der Waals surface area contributed by atoms with Gasteiger partial charge in [-0.3, -0.25) is 5.43 Å². The Morgan fingerprint density at radius 3 is 3.07 bits per heavy atom. The third-order valence-electron chi connectivity index (χ3n) is 2.28. The second-order valence-electron chi connectivity index (χ2n) is 3.34. The molecule has 0 saturated carbocycles. The summed E-state index contributed by atoms with van der Waals surface area (Å²) in [6, 6.07) is 8.30. The van der Waals surface area contributed by atoms with Crippen LogP contribution in [0.3, 0.4) is 0 Å². The van der Waals surface area contributed by atoms with Gasteiger partial charge in [0.1, 0.15) is 0 Å². The molecule has 0 aromatic heterocycles. The van der Waals surface area contributed by atoms with Gasteiger partial charge in [0.05, 0.1) is 6.54 Å². The number of aliphatic imine (C=N–C) groups is 1. The molecule has 4 nitrogen and oxygen atoms in total. The quantitative estimate of drug-likeness (QED) is 0.504. The van der Waals surface area contributed by atoms with Crippen molar-refractivity contribution in [3.8, 4) is 0 Å². The van der Waals surface area contributed by atoms with Crippen LogP contribution in [0.25, 0.3) is 0 Å². The van der Waals surface area contributed by atoms with Gasteiger partial charge in [-0.2, -0.15) is 0 Å². The van der Waals surface area contributed by atoms with Gasteiger partial charge in [-0.15, -0.1) is 0 Å². The van der Waals surface area contributed by atoms with Gasteiger partial charge in [-0.25, -0.2) is 10.8 Å². The molecule has 0 aliphatic carbocycles. The zero-order valence-electron chi connectivity index (χ0n) is 8.20. The summed E-state index contributed by atoms with van der Waals surface area (Å²) in [5, 5.41) is 0. The highest BCUT2D eigenvalue weighted by Gasteiger charge is 2.17. The van der Waals surface area contributed by atoms with E-state index in [2.05, 4.69) is 40.4 Å². The Kier molecular flexibility index (Phi) is 2.37. The number of nitrogens with two attached hydrogens (primary N) is 1. The Bertz CT molecular complexity index is 359. The molecule has 0 spiro atoms. The normalized spacial score (nSPS) is 15.6. The molecule has 0 unspecified atom stereocenters. The zero-order valence-corrected chi connectivity index (χ0v) is 8.20. The number of hydrazine groups is 1. The van der Waals surface area contributed by atoms with Crippen molar-refractivity contribution in [1.29, 1.82) is 0 Å². The first kappa shape index (κ1) is 9.02. The first-order valence-corrected chi connectivity index (χ1v) is 4.66. The van der Waals surface area contributed by atoms with Gasteiger partial charge in [0, 0.05) is 12.2 Å². The van der Waals surface area contributed by atoms with Crippen LogP contribution in [0.1, 0.15) is 5.56 Å². The van der Waals surface area contributed by atoms with Crippen molar-refractivity contribution in [1.82, 2.24) is 5.43 Å². The maximum absolute atomic E-state index is 5.38. The van der Waals surface area contributed by atoms with Crippen molar-refractivity contribution < 1.29 is 0 Å². The number of aryl methyl sites for hydroxylation is 1. The molecule has 0 bridgehead atoms. The van der Waals surface area contributed by atoms with E-state index in [9.17, 15) is 0 Å². The van der Waals surface area contributed by atoms with Gasteiger partial charge in [0.15, 0.2) is 0 Å². The minimum absolute atomic E-state index is 0.746. The topological polar surface area (TPSA) is 53.6 Å². The first-order chi connectivity index (χ1) is 6.81. The van der Waals surface area contributed by atoms with Crippen molar-refractivity contribution in [3.05, 3.63) is 29.8 Å². The summed E-state index contributed by atoms with van der Waals surface area (Å²) in [6.45, 7) is 3.77. The van der Waals surface area contributed by atoms with Crippen molar-refractivity contribution in [2.24, 2.45) is 10.8 Å². The van der Waals surface area contributed by atoms with Crippen LogP contribution in [-0.2, 0) is 0 Å². The molecular formula is C10H14N4. The monoisotopic (exact) mass is 190 g/mol. The Balaban J connectivity index is 2.27. The number of benzene rings is 1. The molecule has 0 saturated heterocycles. The molecular weight excluding hydrogens is 176 g/mol. The largest absolute Gasteiger partial charge is 0.310 e. The van der Waals surface area contributed by atoms with Crippen molar-refractivity contribution in [2.75, 3.05) is 18.0 Å². The number of nitrogens with zero attached hydrogens (tertiary/aromatic N) is 2. The second-order valence-corrected chi connectivity index (χ2v) is 3.34. The van der Waals surface area contributed by atoms with Crippen LogP contribution < -0.4 is 16.2 Å². The Labute approximate surface area is 83.4 Å². The summed E-state index contributed by atoms with van der Waals surface area (Å²) >= 11 is 0. The SMILES string of the molecule is Cc1cccc(N2CCN=C2NN)c1. The number of hydrogen-bond donors (Lipinski definition) is 2. The lowest BCUT2D eigenvalue weighted by atomic mass is 10.2. The lowest BCUT2D eigenvalue weighted by Gasteiger charge is -2.19. The highest BCUT2D eigenvalue weighted by molar-refractivity contribution is 5.97. The molecule has 2 rings (SSSR count). The third kappa shape index (κ3) is 1.56. The fourth-order valence-corrected chi connectivity index (χ4v) is 1.62. The summed E-state index contributed by atoms with van der Waals surface area (Å²) in [7, 11) is 0. The van der Waals surface area contributed by atoms with E-state index < -0.39 is 0 Å². The van der Waals surface area contributed by atoms with E-state index in [0.29, 0.717) is 0 Å². The van der Waals surface area contributed by atoms with Crippen LogP contribution in [0.2, 0.25) is 0 Å². The molecule has 1 aromatic carbocycles. The molecule has 74 valence electrons. The number of hydrogen-bond acceptors (Lipinski definition) is 4. The number of guanidine groups is 1. The summed E-state index contributed by atoms with van der Waals surface area (Å²) in [6.07, 6.45) is 0. The Hall–Kier alpha value is -1.55. The first-order valence-electron chi connectivity index (χ1n) is 4.66. The standard InChI is InChI=1S/C10H14N4/c1-8-3-2-4-9(7-8)14-6-5-12-10(14)13-11/h2-4,7H,5-6,11H2,1H3,(H,12,13). The van der Waals surface area contributed by atoms with Crippen LogP contribution in [0.15, 0.2) is 29.3 Å². The average molecular weight is 190 g/mol. The molecule has 4 heteroatoms. The fourth-order valence-electron chi connectivity index (χ4n) is 1.62. The van der Waals surface area contributed by atoms with Crippen LogP contribution in [-0.4, -0.2) is 19.0 Å². The summed E-state index contributed by atoms with van der Waals surface area (Å²) < 4.78 is 0. The predicted octanol–water partition coefficient (Wildman–Crippen LogP) is 0.634. The molecule has 0 fully saturated rings. The van der Waals surface area contributed by atoms with Gasteiger partial charge < -0.3 is 4.90 Å². The van der Waals surface area contributed by atoms with Gasteiger partial charge >= 0.3 is 0 Å². The molecule has 0 amide bonds. The van der Waals surface area contributed by atoms with E-state index in [4.69, 9.17) is 5.84 Å². The van der Waals surface area contributed by atoms with Crippen molar-refractivity contribution >= 4 is 11.6 Å². The van der Waals surface area contributed by atoms with Crippen LogP contribution in [0, 0.1) is 6.92 Å². The predicted molar refractivity (Wildman–Crippen MR) is 58.2 cm³/mol. The smallest absolute Gasteiger partial charge is 0.213 e. The minimum Gasteiger partial charge on any atom is -0.310 e. The fraction of sp³-hybridized carbons (Fsp3) is 0.300. The van der Waals surface area contributed by atoms with Gasteiger partial charge in [-0.05, 0) is 24.6 Å². The van der Waals surface area contributed by atoms with Crippen LogP contribution in [0.4, 0.5) is 5.69 Å². The average Bonchev–Trinajstić information content (AvgIpc) is 2.65. The van der Waals surface area contributed by atoms with E-state index in [1.807, 2.05) is 6.07 Å². The van der Waals surface area contributed by atoms with E-state index in [1.165, 1.54) is 5.56 Å². The van der Waals surface area contributed by atoms with Gasteiger partial charge in [0.2, 0.25) is 5.96 Å². The molecule has 3 N–H and O–H groups in total. The van der Waals surface area contributed by atoms with E-state index in [0.717, 1.165) is 24.7 Å². The maximum atomic E-state index is 5.38. The Morgan fingerprint density at radius 2 is 2.36 bits per heavy atom. The van der Waals surface area contributed by atoms with Crippen LogP contribution >= 0.6 is 0 Å². The maximum Gasteiger partial charge on any atom is 0.213 e. The molecule has 0 atom stereocenters. The number of rotatable bonds is 1. The summed E-state index contributed by atoms with van der Waals surface area (Å²) in [5.41, 5.74) is 4.99. The summed E-state index contributed by atoms with van der Waals surface area (Å²) in [5.74, 6) is 6.12. The van der Waals surface area contributed by atoms with E-state index >= 15 is 0 Å². The third-order valence-corrected chi connectivity index (χ3v) is 2.28. The molecule has 1 aliphatic heterocycles. The lowest BCUT2D eigenvalue weighted by Crippen LogP contribution is -2.42. The second kappa shape index (κ2) is 3.67. The lowest BCUT2D eigenvalue weighted by molar-refractivity contribution is 0.975. The summed E-state index contributed by atoms with van der Waals surface area (Å²) in [4.78, 5) is 6.32.